The molecule has 8 nitrogen and oxygen atoms in total. The van der Waals surface area contributed by atoms with Gasteiger partial charge < -0.3 is 15.4 Å². The third-order valence-electron chi connectivity index (χ3n) is 5.79. The fraction of sp³-hybridized carbons (Fsp3) is 0.222. The van der Waals surface area contributed by atoms with Crippen LogP contribution in [0.3, 0.4) is 0 Å². The van der Waals surface area contributed by atoms with E-state index in [2.05, 4.69) is 40.0 Å². The molecule has 4 aromatic rings. The summed E-state index contributed by atoms with van der Waals surface area (Å²) in [6, 6.07) is 18.7. The number of fused-ring (bicyclic) bond motifs is 1. The van der Waals surface area contributed by atoms with E-state index in [0.29, 0.717) is 23.0 Å². The highest BCUT2D eigenvalue weighted by Crippen LogP contribution is 2.27. The van der Waals surface area contributed by atoms with Gasteiger partial charge in [-0.15, -0.1) is 0 Å². The highest BCUT2D eigenvalue weighted by atomic mass is 16.5. The SMILES string of the molecule is CCCCc1cc(NC(=O)Nc2cccc(Oc3cccnc3)c2)n(-c2ccc3c(c2)CCN3)n1. The number of nitrogens with one attached hydrogen (secondary N) is 3. The molecule has 2 aromatic carbocycles. The molecule has 0 radical (unpaired) electrons. The van der Waals surface area contributed by atoms with E-state index in [1.54, 1.807) is 24.5 Å². The summed E-state index contributed by atoms with van der Waals surface area (Å²) >= 11 is 0. The van der Waals surface area contributed by atoms with Crippen molar-refractivity contribution in [3.63, 3.8) is 0 Å². The molecular formula is C27H28N6O2. The Morgan fingerprint density at radius 1 is 1.09 bits per heavy atom. The number of aromatic nitrogens is 3. The number of rotatable bonds is 8. The Morgan fingerprint density at radius 2 is 2.00 bits per heavy atom. The topological polar surface area (TPSA) is 93.1 Å². The van der Waals surface area contributed by atoms with Crippen molar-refractivity contribution in [1.29, 1.82) is 0 Å². The summed E-state index contributed by atoms with van der Waals surface area (Å²) in [6.07, 6.45) is 7.29. The Bertz CT molecular complexity index is 1320. The molecule has 0 bridgehead atoms. The Kier molecular flexibility index (Phi) is 6.61. The first-order chi connectivity index (χ1) is 17.2. The molecule has 0 saturated carbocycles. The van der Waals surface area contributed by atoms with Crippen LogP contribution in [-0.2, 0) is 12.8 Å². The van der Waals surface area contributed by atoms with Gasteiger partial charge in [-0.1, -0.05) is 19.4 Å². The molecule has 0 saturated heterocycles. The molecule has 0 atom stereocenters. The zero-order chi connectivity index (χ0) is 24.0. The number of carbonyl (C=O) groups is 1. The van der Waals surface area contributed by atoms with Crippen LogP contribution in [0.4, 0.5) is 22.0 Å². The molecule has 178 valence electrons. The lowest BCUT2D eigenvalue weighted by molar-refractivity contribution is 0.262. The van der Waals surface area contributed by atoms with Crippen LogP contribution < -0.4 is 20.7 Å². The Hall–Kier alpha value is -4.33. The van der Waals surface area contributed by atoms with Gasteiger partial charge in [-0.05, 0) is 67.3 Å². The summed E-state index contributed by atoms with van der Waals surface area (Å²) in [5, 5.41) is 14.0. The van der Waals surface area contributed by atoms with Crippen LogP contribution >= 0.6 is 0 Å². The standard InChI is InChI=1S/C27H28N6O2/c1-2-3-6-21-17-26(33(32-21)22-10-11-25-19(15-22)12-14-29-25)31-27(34)30-20-7-4-8-23(16-20)35-24-9-5-13-28-18-24/h4-5,7-11,13,15-18,29H,2-3,6,12,14H2,1H3,(H2,30,31,34). The molecule has 3 heterocycles. The zero-order valence-electron chi connectivity index (χ0n) is 19.6. The molecular weight excluding hydrogens is 440 g/mol. The number of aryl methyl sites for hydroxylation is 1. The second-order valence-corrected chi connectivity index (χ2v) is 8.45. The normalized spacial score (nSPS) is 12.0. The first kappa shape index (κ1) is 22.5. The van der Waals surface area contributed by atoms with Crippen molar-refractivity contribution in [2.24, 2.45) is 0 Å². The molecule has 1 aliphatic rings. The number of nitrogens with zero attached hydrogens (tertiary/aromatic N) is 3. The van der Waals surface area contributed by atoms with Crippen LogP contribution in [0, 0.1) is 0 Å². The molecule has 5 rings (SSSR count). The number of amides is 2. The fourth-order valence-electron chi connectivity index (χ4n) is 4.08. The summed E-state index contributed by atoms with van der Waals surface area (Å²) in [6.45, 7) is 3.10. The van der Waals surface area contributed by atoms with Gasteiger partial charge in [0, 0.05) is 36.2 Å². The number of pyridine rings is 1. The highest BCUT2D eigenvalue weighted by Gasteiger charge is 2.16. The van der Waals surface area contributed by atoms with Crippen molar-refractivity contribution in [1.82, 2.24) is 14.8 Å². The van der Waals surface area contributed by atoms with Crippen LogP contribution in [0.25, 0.3) is 5.69 Å². The lowest BCUT2D eigenvalue weighted by Crippen LogP contribution is -2.21. The monoisotopic (exact) mass is 468 g/mol. The van der Waals surface area contributed by atoms with Crippen LogP contribution in [0.1, 0.15) is 31.0 Å². The molecule has 2 aromatic heterocycles. The number of carbonyl (C=O) groups excluding carboxylic acids is 1. The number of anilines is 3. The van der Waals surface area contributed by atoms with Crippen LogP contribution in [0.15, 0.2) is 73.1 Å². The first-order valence-electron chi connectivity index (χ1n) is 11.9. The molecule has 1 aliphatic heterocycles. The number of hydrogen-bond donors (Lipinski definition) is 3. The first-order valence-corrected chi connectivity index (χ1v) is 11.9. The number of hydrogen-bond acceptors (Lipinski definition) is 5. The average Bonchev–Trinajstić information content (AvgIpc) is 3.50. The van der Waals surface area contributed by atoms with Gasteiger partial charge in [-0.2, -0.15) is 5.10 Å². The third-order valence-corrected chi connectivity index (χ3v) is 5.79. The minimum Gasteiger partial charge on any atom is -0.456 e. The number of unbranched alkanes of at least 4 members (excludes halogenated alkanes) is 1. The highest BCUT2D eigenvalue weighted by molar-refractivity contribution is 5.99. The lowest BCUT2D eigenvalue weighted by Gasteiger charge is -2.12. The molecule has 8 heteroatoms. The van der Waals surface area contributed by atoms with Gasteiger partial charge in [0.2, 0.25) is 0 Å². The molecule has 3 N–H and O–H groups in total. The van der Waals surface area contributed by atoms with E-state index < -0.39 is 0 Å². The van der Waals surface area contributed by atoms with Gasteiger partial charge in [0.1, 0.15) is 17.3 Å². The summed E-state index contributed by atoms with van der Waals surface area (Å²) in [5.41, 5.74) is 4.91. The average molecular weight is 469 g/mol. The van der Waals surface area contributed by atoms with E-state index >= 15 is 0 Å². The second kappa shape index (κ2) is 10.3. The Labute approximate surface area is 204 Å². The quantitative estimate of drug-likeness (QED) is 0.294. The molecule has 0 spiro atoms. The fourth-order valence-corrected chi connectivity index (χ4v) is 4.08. The number of ether oxygens (including phenoxy) is 1. The Morgan fingerprint density at radius 3 is 2.86 bits per heavy atom. The summed E-state index contributed by atoms with van der Waals surface area (Å²) in [7, 11) is 0. The van der Waals surface area contributed by atoms with Crippen molar-refractivity contribution in [3.8, 4) is 17.2 Å². The maximum atomic E-state index is 12.9. The van der Waals surface area contributed by atoms with Crippen molar-refractivity contribution in [2.75, 3.05) is 22.5 Å². The summed E-state index contributed by atoms with van der Waals surface area (Å²) in [5.74, 6) is 1.86. The number of benzene rings is 2. The van der Waals surface area contributed by atoms with Gasteiger partial charge in [0.15, 0.2) is 0 Å². The van der Waals surface area contributed by atoms with E-state index in [9.17, 15) is 4.79 Å². The van der Waals surface area contributed by atoms with Crippen molar-refractivity contribution in [3.05, 3.63) is 84.3 Å². The molecule has 0 unspecified atom stereocenters. The summed E-state index contributed by atoms with van der Waals surface area (Å²) in [4.78, 5) is 17.0. The minimum absolute atomic E-state index is 0.352. The van der Waals surface area contributed by atoms with Gasteiger partial charge in [-0.25, -0.2) is 9.48 Å². The third kappa shape index (κ3) is 5.43. The van der Waals surface area contributed by atoms with Crippen LogP contribution in [-0.4, -0.2) is 27.3 Å². The lowest BCUT2D eigenvalue weighted by atomic mass is 10.1. The summed E-state index contributed by atoms with van der Waals surface area (Å²) < 4.78 is 7.63. The van der Waals surface area contributed by atoms with Gasteiger partial charge in [0.25, 0.3) is 0 Å². The maximum absolute atomic E-state index is 12.9. The van der Waals surface area contributed by atoms with Gasteiger partial charge in [-0.3, -0.25) is 10.3 Å². The second-order valence-electron chi connectivity index (χ2n) is 8.45. The van der Waals surface area contributed by atoms with Gasteiger partial charge >= 0.3 is 6.03 Å². The molecule has 0 fully saturated rings. The van der Waals surface area contributed by atoms with Crippen LogP contribution in [0.2, 0.25) is 0 Å². The van der Waals surface area contributed by atoms with E-state index in [1.807, 2.05) is 41.1 Å². The van der Waals surface area contributed by atoms with E-state index in [0.717, 1.165) is 49.3 Å². The van der Waals surface area contributed by atoms with Gasteiger partial charge in [0.05, 0.1) is 17.6 Å². The number of urea groups is 1. The maximum Gasteiger partial charge on any atom is 0.324 e. The van der Waals surface area contributed by atoms with Crippen molar-refractivity contribution in [2.45, 2.75) is 32.6 Å². The molecule has 35 heavy (non-hydrogen) atoms. The zero-order valence-corrected chi connectivity index (χ0v) is 19.6. The minimum atomic E-state index is -0.352. The Balaban J connectivity index is 1.33. The van der Waals surface area contributed by atoms with Crippen molar-refractivity contribution < 1.29 is 9.53 Å². The predicted molar refractivity (Wildman–Crippen MR) is 138 cm³/mol. The predicted octanol–water partition coefficient (Wildman–Crippen LogP) is 6.01. The smallest absolute Gasteiger partial charge is 0.324 e. The van der Waals surface area contributed by atoms with E-state index in [-0.39, 0.29) is 6.03 Å². The van der Waals surface area contributed by atoms with E-state index in [1.165, 1.54) is 5.56 Å². The molecule has 0 aliphatic carbocycles. The van der Waals surface area contributed by atoms with E-state index in [4.69, 9.17) is 9.84 Å². The largest absolute Gasteiger partial charge is 0.456 e. The molecule has 2 amide bonds. The van der Waals surface area contributed by atoms with Crippen molar-refractivity contribution >= 4 is 23.2 Å². The van der Waals surface area contributed by atoms with Crippen LogP contribution in [0.5, 0.6) is 11.5 Å².